The van der Waals surface area contributed by atoms with Crippen LogP contribution in [0.15, 0.2) is 42.5 Å². The van der Waals surface area contributed by atoms with Crippen molar-refractivity contribution in [3.63, 3.8) is 0 Å². The van der Waals surface area contributed by atoms with E-state index in [4.69, 9.17) is 10.5 Å². The zero-order valence-electron chi connectivity index (χ0n) is 19.4. The molecule has 0 fully saturated rings. The summed E-state index contributed by atoms with van der Waals surface area (Å²) in [5, 5.41) is 26.3. The number of esters is 1. The highest BCUT2D eigenvalue weighted by atomic mass is 16.5. The molecule has 1 aliphatic heterocycles. The molecule has 0 aliphatic carbocycles. The van der Waals surface area contributed by atoms with Gasteiger partial charge in [0.15, 0.2) is 0 Å². The van der Waals surface area contributed by atoms with E-state index in [0.717, 1.165) is 22.2 Å². The number of aliphatic carboxylic acids is 1. The van der Waals surface area contributed by atoms with Gasteiger partial charge in [0, 0.05) is 23.0 Å². The lowest BCUT2D eigenvalue weighted by atomic mass is 9.89. The van der Waals surface area contributed by atoms with E-state index in [2.05, 4.69) is 15.6 Å². The van der Waals surface area contributed by atoms with Gasteiger partial charge in [-0.15, -0.1) is 0 Å². The Bertz CT molecular complexity index is 1350. The summed E-state index contributed by atoms with van der Waals surface area (Å²) in [6, 6.07) is 9.37. The van der Waals surface area contributed by atoms with Crippen molar-refractivity contribution >= 4 is 34.7 Å². The maximum atomic E-state index is 13.2. The van der Waals surface area contributed by atoms with Crippen LogP contribution in [0.25, 0.3) is 10.9 Å². The number of benzene rings is 2. The molecular weight excluding hydrogens is 468 g/mol. The first-order valence-corrected chi connectivity index (χ1v) is 11.3. The Morgan fingerprint density at radius 2 is 1.94 bits per heavy atom. The number of aromatic amines is 1. The first-order valence-electron chi connectivity index (χ1n) is 11.3. The van der Waals surface area contributed by atoms with Gasteiger partial charge in [-0.1, -0.05) is 24.3 Å². The van der Waals surface area contributed by atoms with E-state index in [1.807, 2.05) is 24.3 Å². The molecule has 2 aromatic carbocycles. The van der Waals surface area contributed by atoms with Gasteiger partial charge < -0.3 is 31.0 Å². The molecule has 36 heavy (non-hydrogen) atoms. The third kappa shape index (κ3) is 4.86. The standard InChI is InChI=1S/C25H26N4O7/c1-36-25(35)15-10-12(6-8-19(15)30)21-22-14(13-4-2-3-5-16(13)27-22)11-18(28-21)23(32)29-17(24(33)34)7-9-20(26)31/h2-6,8,10,17-18,21,27-28,30H,7,9,11H2,1H3,(H2,26,31)(H,29,32)(H,33,34)/t17-,18-,21+/m0/s1. The Morgan fingerprint density at radius 1 is 1.19 bits per heavy atom. The van der Waals surface area contributed by atoms with E-state index in [1.54, 1.807) is 6.07 Å². The minimum absolute atomic E-state index is 0.0292. The average molecular weight is 495 g/mol. The molecule has 0 unspecified atom stereocenters. The van der Waals surface area contributed by atoms with E-state index in [-0.39, 0.29) is 30.6 Å². The highest BCUT2D eigenvalue weighted by molar-refractivity contribution is 5.93. The second-order valence-corrected chi connectivity index (χ2v) is 8.59. The number of rotatable bonds is 8. The quantitative estimate of drug-likeness (QED) is 0.251. The number of hydrogen-bond acceptors (Lipinski definition) is 7. The maximum Gasteiger partial charge on any atom is 0.341 e. The average Bonchev–Trinajstić information content (AvgIpc) is 3.24. The SMILES string of the molecule is COC(=O)c1cc([C@H]2N[C@H](C(=O)N[C@@H](CCC(N)=O)C(=O)O)Cc3c2[nH]c2ccccc32)ccc1O. The minimum atomic E-state index is -1.28. The summed E-state index contributed by atoms with van der Waals surface area (Å²) in [5.74, 6) is -3.45. The number of amides is 2. The molecule has 7 N–H and O–H groups in total. The maximum absolute atomic E-state index is 13.2. The normalized spacial score (nSPS) is 17.7. The number of phenols is 1. The van der Waals surface area contributed by atoms with E-state index in [1.165, 1.54) is 19.2 Å². The monoisotopic (exact) mass is 494 g/mol. The van der Waals surface area contributed by atoms with Gasteiger partial charge in [0.2, 0.25) is 11.8 Å². The highest BCUT2D eigenvalue weighted by Gasteiger charge is 2.36. The summed E-state index contributed by atoms with van der Waals surface area (Å²) in [5.41, 5.74) is 8.19. The van der Waals surface area contributed by atoms with Crippen LogP contribution < -0.4 is 16.4 Å². The van der Waals surface area contributed by atoms with Crippen molar-refractivity contribution in [3.8, 4) is 5.75 Å². The van der Waals surface area contributed by atoms with E-state index >= 15 is 0 Å². The van der Waals surface area contributed by atoms with Crippen LogP contribution in [0, 0.1) is 0 Å². The molecule has 188 valence electrons. The van der Waals surface area contributed by atoms with Gasteiger partial charge in [0.25, 0.3) is 0 Å². The number of carbonyl (C=O) groups excluding carboxylic acids is 3. The third-order valence-electron chi connectivity index (χ3n) is 6.28. The van der Waals surface area contributed by atoms with Crippen molar-refractivity contribution < 1.29 is 34.1 Å². The summed E-state index contributed by atoms with van der Waals surface area (Å²) < 4.78 is 4.76. The minimum Gasteiger partial charge on any atom is -0.507 e. The number of nitrogens with two attached hydrogens (primary N) is 1. The molecule has 0 radical (unpaired) electrons. The fourth-order valence-electron chi connectivity index (χ4n) is 4.49. The molecule has 2 amide bonds. The number of carbonyl (C=O) groups is 4. The van der Waals surface area contributed by atoms with E-state index < -0.39 is 41.9 Å². The second kappa shape index (κ2) is 10.1. The Labute approximate surface area is 205 Å². The molecule has 3 aromatic rings. The lowest BCUT2D eigenvalue weighted by molar-refractivity contribution is -0.142. The summed E-state index contributed by atoms with van der Waals surface area (Å²) in [6.45, 7) is 0. The third-order valence-corrected chi connectivity index (χ3v) is 6.28. The molecule has 1 aromatic heterocycles. The van der Waals surface area contributed by atoms with Crippen LogP contribution in [0.3, 0.4) is 0 Å². The number of para-hydroxylation sites is 1. The first kappa shape index (κ1) is 24.7. The number of primary amides is 1. The van der Waals surface area contributed by atoms with Gasteiger partial charge in [-0.3, -0.25) is 14.9 Å². The van der Waals surface area contributed by atoms with Crippen LogP contribution in [0.5, 0.6) is 5.75 Å². The predicted molar refractivity (Wildman–Crippen MR) is 128 cm³/mol. The van der Waals surface area contributed by atoms with Crippen LogP contribution >= 0.6 is 0 Å². The van der Waals surface area contributed by atoms with Crippen molar-refractivity contribution in [2.24, 2.45) is 5.73 Å². The molecule has 4 rings (SSSR count). The van der Waals surface area contributed by atoms with Crippen molar-refractivity contribution in [2.45, 2.75) is 37.4 Å². The molecule has 1 aliphatic rings. The molecule has 0 spiro atoms. The Kier molecular flexibility index (Phi) is 6.93. The number of nitrogens with one attached hydrogen (secondary N) is 3. The summed E-state index contributed by atoms with van der Waals surface area (Å²) in [7, 11) is 1.21. The lowest BCUT2D eigenvalue weighted by Gasteiger charge is -2.32. The number of methoxy groups -OCH3 is 1. The Hall–Kier alpha value is -4.38. The molecule has 0 saturated carbocycles. The van der Waals surface area contributed by atoms with Crippen molar-refractivity contribution in [3.05, 3.63) is 64.8 Å². The number of aromatic nitrogens is 1. The van der Waals surface area contributed by atoms with Crippen LogP contribution in [0.4, 0.5) is 0 Å². The van der Waals surface area contributed by atoms with Gasteiger partial charge in [-0.05, 0) is 42.2 Å². The number of carboxylic acids is 1. The summed E-state index contributed by atoms with van der Waals surface area (Å²) >= 11 is 0. The Balaban J connectivity index is 1.71. The largest absolute Gasteiger partial charge is 0.507 e. The van der Waals surface area contributed by atoms with Gasteiger partial charge in [-0.2, -0.15) is 0 Å². The number of H-pyrrole nitrogens is 1. The number of carboxylic acid groups (broad SMARTS) is 1. The van der Waals surface area contributed by atoms with E-state index in [0.29, 0.717) is 5.56 Å². The fraction of sp³-hybridized carbons (Fsp3) is 0.280. The molecular formula is C25H26N4O7. The van der Waals surface area contributed by atoms with Crippen LogP contribution in [-0.4, -0.2) is 58.1 Å². The molecule has 0 bridgehead atoms. The fourth-order valence-corrected chi connectivity index (χ4v) is 4.49. The van der Waals surface area contributed by atoms with Crippen LogP contribution in [0.2, 0.25) is 0 Å². The number of hydrogen-bond donors (Lipinski definition) is 6. The second-order valence-electron chi connectivity index (χ2n) is 8.59. The number of fused-ring (bicyclic) bond motifs is 3. The molecule has 2 heterocycles. The Morgan fingerprint density at radius 3 is 2.64 bits per heavy atom. The van der Waals surface area contributed by atoms with Crippen molar-refractivity contribution in [1.82, 2.24) is 15.6 Å². The number of aromatic hydroxyl groups is 1. The lowest BCUT2D eigenvalue weighted by Crippen LogP contribution is -2.53. The molecule has 11 nitrogen and oxygen atoms in total. The molecule has 11 heteroatoms. The number of phenolic OH excluding ortho intramolecular Hbond substituents is 1. The van der Waals surface area contributed by atoms with Crippen LogP contribution in [-0.2, 0) is 25.5 Å². The van der Waals surface area contributed by atoms with Crippen molar-refractivity contribution in [2.75, 3.05) is 7.11 Å². The zero-order chi connectivity index (χ0) is 26.0. The van der Waals surface area contributed by atoms with Gasteiger partial charge >= 0.3 is 11.9 Å². The van der Waals surface area contributed by atoms with Crippen LogP contribution in [0.1, 0.15) is 46.1 Å². The number of ether oxygens (including phenoxy) is 1. The molecule has 0 saturated heterocycles. The van der Waals surface area contributed by atoms with Gasteiger partial charge in [0.1, 0.15) is 17.4 Å². The van der Waals surface area contributed by atoms with Gasteiger partial charge in [-0.25, -0.2) is 9.59 Å². The topological polar surface area (TPSA) is 184 Å². The summed E-state index contributed by atoms with van der Waals surface area (Å²) in [6.07, 6.45) is -0.0501. The smallest absolute Gasteiger partial charge is 0.341 e. The van der Waals surface area contributed by atoms with E-state index in [9.17, 15) is 29.4 Å². The van der Waals surface area contributed by atoms with Crippen molar-refractivity contribution in [1.29, 1.82) is 0 Å². The van der Waals surface area contributed by atoms with Gasteiger partial charge in [0.05, 0.1) is 19.2 Å². The predicted octanol–water partition coefficient (Wildman–Crippen LogP) is 1.10. The zero-order valence-corrected chi connectivity index (χ0v) is 19.4. The summed E-state index contributed by atoms with van der Waals surface area (Å²) in [4.78, 5) is 51.5. The highest BCUT2D eigenvalue weighted by Crippen LogP contribution is 2.36. The molecule has 3 atom stereocenters. The first-order chi connectivity index (χ1) is 17.2.